The molecule has 1 unspecified atom stereocenters. The van der Waals surface area contributed by atoms with Gasteiger partial charge in [-0.1, -0.05) is 22.0 Å². The lowest BCUT2D eigenvalue weighted by Crippen LogP contribution is -2.00. The van der Waals surface area contributed by atoms with Gasteiger partial charge in [0.15, 0.2) is 0 Å². The Balaban J connectivity index is 2.35. The van der Waals surface area contributed by atoms with Gasteiger partial charge in [0.1, 0.15) is 0 Å². The normalized spacial score (nSPS) is 20.6. The first kappa shape index (κ1) is 7.99. The molecule has 62 valence electrons. The zero-order valence-electron chi connectivity index (χ0n) is 6.76. The lowest BCUT2D eigenvalue weighted by atomic mass is 10.1. The fourth-order valence-corrected chi connectivity index (χ4v) is 2.10. The summed E-state index contributed by atoms with van der Waals surface area (Å²) in [4.78, 5) is 4.07. The molecule has 0 saturated heterocycles. The Hall–Kier alpha value is -0.630. The highest BCUT2D eigenvalue weighted by atomic mass is 79.9. The van der Waals surface area contributed by atoms with Crippen LogP contribution in [0.2, 0.25) is 0 Å². The standard InChI is InChI=1S/C10H10BrN/c1-12-10-5-7-2-3-9(11)4-8(7)6-10/h2-4,10H,1,5-6H2. The SMILES string of the molecule is C=NC1Cc2ccc(Br)cc2C1. The maximum atomic E-state index is 4.07. The first-order chi connectivity index (χ1) is 5.79. The predicted octanol–water partition coefficient (Wildman–Crippen LogP) is 2.62. The summed E-state index contributed by atoms with van der Waals surface area (Å²) in [6, 6.07) is 6.85. The van der Waals surface area contributed by atoms with Crippen LogP contribution < -0.4 is 0 Å². The molecule has 2 rings (SSSR count). The summed E-state index contributed by atoms with van der Waals surface area (Å²) in [7, 11) is 0. The van der Waals surface area contributed by atoms with E-state index in [1.54, 1.807) is 0 Å². The fourth-order valence-electron chi connectivity index (χ4n) is 1.69. The van der Waals surface area contributed by atoms with Crippen LogP contribution in [0.5, 0.6) is 0 Å². The number of aliphatic imine (C=N–C) groups is 1. The largest absolute Gasteiger partial charge is 0.297 e. The molecule has 1 aliphatic rings. The molecule has 1 aliphatic carbocycles. The van der Waals surface area contributed by atoms with E-state index >= 15 is 0 Å². The van der Waals surface area contributed by atoms with Gasteiger partial charge in [-0.05, 0) is 42.8 Å². The Labute approximate surface area is 80.6 Å². The molecule has 0 saturated carbocycles. The third kappa shape index (κ3) is 1.31. The Kier molecular flexibility index (Phi) is 2.01. The molecule has 0 radical (unpaired) electrons. The van der Waals surface area contributed by atoms with Gasteiger partial charge in [-0.25, -0.2) is 0 Å². The Bertz CT molecular complexity index is 320. The number of rotatable bonds is 1. The maximum absolute atomic E-state index is 4.07. The van der Waals surface area contributed by atoms with E-state index in [1.165, 1.54) is 11.1 Å². The van der Waals surface area contributed by atoms with Gasteiger partial charge in [0.25, 0.3) is 0 Å². The minimum Gasteiger partial charge on any atom is -0.297 e. The van der Waals surface area contributed by atoms with Crippen LogP contribution in [-0.4, -0.2) is 12.8 Å². The van der Waals surface area contributed by atoms with Gasteiger partial charge in [0.05, 0.1) is 6.04 Å². The van der Waals surface area contributed by atoms with Crippen LogP contribution >= 0.6 is 15.9 Å². The summed E-state index contributed by atoms with van der Waals surface area (Å²) in [6.45, 7) is 3.59. The molecule has 0 bridgehead atoms. The minimum atomic E-state index is 0.411. The number of fused-ring (bicyclic) bond motifs is 1. The Morgan fingerprint density at radius 1 is 1.33 bits per heavy atom. The van der Waals surface area contributed by atoms with Gasteiger partial charge in [0, 0.05) is 4.47 Å². The number of halogens is 1. The third-order valence-electron chi connectivity index (χ3n) is 2.34. The lowest BCUT2D eigenvalue weighted by molar-refractivity contribution is 0.729. The van der Waals surface area contributed by atoms with Gasteiger partial charge in [-0.2, -0.15) is 0 Å². The highest BCUT2D eigenvalue weighted by Crippen LogP contribution is 2.26. The van der Waals surface area contributed by atoms with Crippen LogP contribution in [0.3, 0.4) is 0 Å². The summed E-state index contributed by atoms with van der Waals surface area (Å²) in [5, 5.41) is 0. The van der Waals surface area contributed by atoms with Crippen molar-refractivity contribution in [2.45, 2.75) is 18.9 Å². The van der Waals surface area contributed by atoms with Crippen LogP contribution in [0.1, 0.15) is 11.1 Å². The van der Waals surface area contributed by atoms with Gasteiger partial charge in [-0.3, -0.25) is 4.99 Å². The Morgan fingerprint density at radius 2 is 2.08 bits per heavy atom. The van der Waals surface area contributed by atoms with Crippen molar-refractivity contribution >= 4 is 22.6 Å². The van der Waals surface area contributed by atoms with Crippen LogP contribution in [-0.2, 0) is 12.8 Å². The quantitative estimate of drug-likeness (QED) is 0.650. The van der Waals surface area contributed by atoms with Crippen molar-refractivity contribution in [2.24, 2.45) is 4.99 Å². The monoisotopic (exact) mass is 223 g/mol. The number of hydrogen-bond acceptors (Lipinski definition) is 1. The molecule has 1 atom stereocenters. The van der Waals surface area contributed by atoms with E-state index in [1.807, 2.05) is 0 Å². The van der Waals surface area contributed by atoms with Crippen LogP contribution in [0, 0.1) is 0 Å². The highest BCUT2D eigenvalue weighted by molar-refractivity contribution is 9.10. The maximum Gasteiger partial charge on any atom is 0.0573 e. The average Bonchev–Trinajstić information content (AvgIpc) is 2.46. The smallest absolute Gasteiger partial charge is 0.0573 e. The fraction of sp³-hybridized carbons (Fsp3) is 0.300. The summed E-state index contributed by atoms with van der Waals surface area (Å²) in [5.41, 5.74) is 2.84. The van der Waals surface area contributed by atoms with Crippen LogP contribution in [0.25, 0.3) is 0 Å². The van der Waals surface area contributed by atoms with Crippen molar-refractivity contribution in [1.29, 1.82) is 0 Å². The molecule has 0 fully saturated rings. The molecule has 1 aromatic carbocycles. The zero-order chi connectivity index (χ0) is 8.55. The van der Waals surface area contributed by atoms with E-state index < -0.39 is 0 Å². The zero-order valence-corrected chi connectivity index (χ0v) is 8.34. The first-order valence-corrected chi connectivity index (χ1v) is 4.82. The molecule has 0 amide bonds. The molecule has 0 heterocycles. The van der Waals surface area contributed by atoms with E-state index in [0.29, 0.717) is 6.04 Å². The highest BCUT2D eigenvalue weighted by Gasteiger charge is 2.19. The molecule has 0 aliphatic heterocycles. The van der Waals surface area contributed by atoms with E-state index in [0.717, 1.165) is 17.3 Å². The van der Waals surface area contributed by atoms with Gasteiger partial charge in [0.2, 0.25) is 0 Å². The summed E-state index contributed by atoms with van der Waals surface area (Å²) in [5.74, 6) is 0. The van der Waals surface area contributed by atoms with Crippen LogP contribution in [0.4, 0.5) is 0 Å². The first-order valence-electron chi connectivity index (χ1n) is 4.03. The molecular weight excluding hydrogens is 214 g/mol. The van der Waals surface area contributed by atoms with Gasteiger partial charge >= 0.3 is 0 Å². The molecule has 2 heteroatoms. The Morgan fingerprint density at radius 3 is 2.83 bits per heavy atom. The van der Waals surface area contributed by atoms with E-state index in [4.69, 9.17) is 0 Å². The molecule has 1 aromatic rings. The van der Waals surface area contributed by atoms with E-state index in [9.17, 15) is 0 Å². The topological polar surface area (TPSA) is 12.4 Å². The van der Waals surface area contributed by atoms with Crippen molar-refractivity contribution in [3.05, 3.63) is 33.8 Å². The second kappa shape index (κ2) is 3.02. The molecule has 0 aromatic heterocycles. The lowest BCUT2D eigenvalue weighted by Gasteiger charge is -1.96. The number of hydrogen-bond donors (Lipinski definition) is 0. The predicted molar refractivity (Wildman–Crippen MR) is 54.9 cm³/mol. The molecule has 12 heavy (non-hydrogen) atoms. The van der Waals surface area contributed by atoms with Crippen molar-refractivity contribution in [2.75, 3.05) is 0 Å². The number of nitrogens with zero attached hydrogens (tertiary/aromatic N) is 1. The van der Waals surface area contributed by atoms with Crippen LogP contribution in [0.15, 0.2) is 27.7 Å². The summed E-state index contributed by atoms with van der Waals surface area (Å²) < 4.78 is 1.16. The molecule has 1 nitrogen and oxygen atoms in total. The second-order valence-electron chi connectivity index (χ2n) is 3.16. The second-order valence-corrected chi connectivity index (χ2v) is 4.07. The van der Waals surface area contributed by atoms with Crippen molar-refractivity contribution in [1.82, 2.24) is 0 Å². The molecule has 0 spiro atoms. The average molecular weight is 224 g/mol. The van der Waals surface area contributed by atoms with E-state index in [-0.39, 0.29) is 0 Å². The summed E-state index contributed by atoms with van der Waals surface area (Å²) >= 11 is 3.46. The molecular formula is C10H10BrN. The number of benzene rings is 1. The van der Waals surface area contributed by atoms with Gasteiger partial charge < -0.3 is 0 Å². The third-order valence-corrected chi connectivity index (χ3v) is 2.83. The van der Waals surface area contributed by atoms with Gasteiger partial charge in [-0.15, -0.1) is 0 Å². The summed E-state index contributed by atoms with van der Waals surface area (Å²) in [6.07, 6.45) is 2.12. The van der Waals surface area contributed by atoms with E-state index in [2.05, 4.69) is 45.8 Å². The van der Waals surface area contributed by atoms with Crippen molar-refractivity contribution in [3.63, 3.8) is 0 Å². The van der Waals surface area contributed by atoms with Crippen molar-refractivity contribution < 1.29 is 0 Å². The van der Waals surface area contributed by atoms with Crippen molar-refractivity contribution in [3.8, 4) is 0 Å². The minimum absolute atomic E-state index is 0.411. The molecule has 0 N–H and O–H groups in total.